The minimum absolute atomic E-state index is 0.00227. The molecule has 0 aliphatic heterocycles. The van der Waals surface area contributed by atoms with Gasteiger partial charge in [-0.3, -0.25) is 9.59 Å². The van der Waals surface area contributed by atoms with E-state index in [4.69, 9.17) is 16.3 Å². The van der Waals surface area contributed by atoms with Crippen LogP contribution in [-0.4, -0.2) is 30.2 Å². The molecular formula is C19H20ClN3O4. The third kappa shape index (κ3) is 5.72. The van der Waals surface area contributed by atoms with Crippen LogP contribution in [0.5, 0.6) is 11.5 Å². The molecule has 0 saturated heterocycles. The second kappa shape index (κ2) is 9.59. The molecule has 27 heavy (non-hydrogen) atoms. The standard InChI is InChI=1S/C19H20ClN3O4/c1-12-14(20)6-4-7-15(12)22-17(24)9-10-18(25)23-21-11-13-5-3-8-16(27-2)19(13)26/h3-8,11,26H,9-10H2,1-2H3,(H,22,24)(H,23,25). The van der Waals surface area contributed by atoms with Gasteiger partial charge in [0.05, 0.1) is 13.3 Å². The van der Waals surface area contributed by atoms with Gasteiger partial charge in [0.1, 0.15) is 0 Å². The van der Waals surface area contributed by atoms with E-state index < -0.39 is 5.91 Å². The molecule has 3 N–H and O–H groups in total. The molecule has 0 aromatic heterocycles. The van der Waals surface area contributed by atoms with Gasteiger partial charge in [0.15, 0.2) is 11.5 Å². The molecule has 2 rings (SSSR count). The number of hydrogen-bond acceptors (Lipinski definition) is 5. The zero-order chi connectivity index (χ0) is 19.8. The summed E-state index contributed by atoms with van der Waals surface area (Å²) < 4.78 is 4.99. The van der Waals surface area contributed by atoms with E-state index in [9.17, 15) is 14.7 Å². The quantitative estimate of drug-likeness (QED) is 0.500. The number of ether oxygens (including phenoxy) is 1. The van der Waals surface area contributed by atoms with Crippen molar-refractivity contribution in [2.24, 2.45) is 5.10 Å². The Morgan fingerprint density at radius 1 is 1.19 bits per heavy atom. The molecule has 0 heterocycles. The maximum atomic E-state index is 12.0. The number of hydrogen-bond donors (Lipinski definition) is 3. The molecule has 2 aromatic rings. The van der Waals surface area contributed by atoms with Crippen molar-refractivity contribution in [3.05, 3.63) is 52.5 Å². The lowest BCUT2D eigenvalue weighted by atomic mass is 10.2. The lowest BCUT2D eigenvalue weighted by Gasteiger charge is -2.09. The van der Waals surface area contributed by atoms with Crippen LogP contribution >= 0.6 is 11.6 Å². The number of benzene rings is 2. The topological polar surface area (TPSA) is 100 Å². The number of phenols is 1. The molecule has 0 atom stereocenters. The van der Waals surface area contributed by atoms with E-state index in [1.54, 1.807) is 43.3 Å². The summed E-state index contributed by atoms with van der Waals surface area (Å²) in [5, 5.41) is 17.0. The largest absolute Gasteiger partial charge is 0.504 e. The highest BCUT2D eigenvalue weighted by molar-refractivity contribution is 6.31. The Bertz CT molecular complexity index is 868. The van der Waals surface area contributed by atoms with E-state index in [1.807, 2.05) is 0 Å². The Hall–Kier alpha value is -3.06. The number of methoxy groups -OCH3 is 1. The third-order valence-corrected chi connectivity index (χ3v) is 4.17. The van der Waals surface area contributed by atoms with Gasteiger partial charge >= 0.3 is 0 Å². The second-order valence-electron chi connectivity index (χ2n) is 5.65. The van der Waals surface area contributed by atoms with Gasteiger partial charge in [0.2, 0.25) is 11.8 Å². The van der Waals surface area contributed by atoms with Gasteiger partial charge in [-0.1, -0.05) is 23.7 Å². The minimum Gasteiger partial charge on any atom is -0.504 e. The number of phenolic OH excluding ortho intramolecular Hbond substituents is 1. The Labute approximate surface area is 162 Å². The lowest BCUT2D eigenvalue weighted by Crippen LogP contribution is -2.20. The van der Waals surface area contributed by atoms with Crippen molar-refractivity contribution in [3.8, 4) is 11.5 Å². The monoisotopic (exact) mass is 389 g/mol. The fraction of sp³-hybridized carbons (Fsp3) is 0.211. The van der Waals surface area contributed by atoms with Crippen LogP contribution in [-0.2, 0) is 9.59 Å². The van der Waals surface area contributed by atoms with E-state index in [2.05, 4.69) is 15.8 Å². The lowest BCUT2D eigenvalue weighted by molar-refractivity contribution is -0.124. The van der Waals surface area contributed by atoms with E-state index in [0.717, 1.165) is 5.56 Å². The van der Waals surface area contributed by atoms with Crippen molar-refractivity contribution in [2.45, 2.75) is 19.8 Å². The number of para-hydroxylation sites is 1. The number of hydrazone groups is 1. The van der Waals surface area contributed by atoms with Crippen molar-refractivity contribution < 1.29 is 19.4 Å². The number of aromatic hydroxyl groups is 1. The molecule has 0 fully saturated rings. The van der Waals surface area contributed by atoms with E-state index in [1.165, 1.54) is 13.3 Å². The van der Waals surface area contributed by atoms with Gasteiger partial charge in [0.25, 0.3) is 0 Å². The summed E-state index contributed by atoms with van der Waals surface area (Å²) >= 11 is 6.01. The maximum absolute atomic E-state index is 12.0. The molecule has 0 bridgehead atoms. The number of anilines is 1. The van der Waals surface area contributed by atoms with Crippen molar-refractivity contribution in [1.29, 1.82) is 0 Å². The van der Waals surface area contributed by atoms with Crippen molar-refractivity contribution in [2.75, 3.05) is 12.4 Å². The van der Waals surface area contributed by atoms with Crippen molar-refractivity contribution >= 4 is 35.3 Å². The van der Waals surface area contributed by atoms with Crippen molar-refractivity contribution in [1.82, 2.24) is 5.43 Å². The molecule has 7 nitrogen and oxygen atoms in total. The highest BCUT2D eigenvalue weighted by atomic mass is 35.5. The van der Waals surface area contributed by atoms with Crippen LogP contribution in [0.3, 0.4) is 0 Å². The summed E-state index contributed by atoms with van der Waals surface area (Å²) in [5.74, 6) is -0.496. The second-order valence-corrected chi connectivity index (χ2v) is 6.06. The van der Waals surface area contributed by atoms with Gasteiger partial charge in [-0.05, 0) is 36.8 Å². The van der Waals surface area contributed by atoms with Gasteiger partial charge < -0.3 is 15.2 Å². The number of rotatable bonds is 7. The molecule has 8 heteroatoms. The van der Waals surface area contributed by atoms with Gasteiger partial charge in [-0.25, -0.2) is 5.43 Å². The summed E-state index contributed by atoms with van der Waals surface area (Å²) in [4.78, 5) is 23.8. The first-order valence-corrected chi connectivity index (χ1v) is 8.53. The Morgan fingerprint density at radius 3 is 2.63 bits per heavy atom. The van der Waals surface area contributed by atoms with Gasteiger partial charge in [0, 0.05) is 29.1 Å². The maximum Gasteiger partial charge on any atom is 0.240 e. The Kier molecular flexibility index (Phi) is 7.19. The highest BCUT2D eigenvalue weighted by Gasteiger charge is 2.09. The number of nitrogens with zero attached hydrogens (tertiary/aromatic N) is 1. The number of nitrogens with one attached hydrogen (secondary N) is 2. The van der Waals surface area contributed by atoms with E-state index in [0.29, 0.717) is 22.0 Å². The van der Waals surface area contributed by atoms with Crippen LogP contribution < -0.4 is 15.5 Å². The van der Waals surface area contributed by atoms with Crippen LogP contribution in [0.4, 0.5) is 5.69 Å². The van der Waals surface area contributed by atoms with Gasteiger partial charge in [-0.15, -0.1) is 0 Å². The number of carbonyl (C=O) groups excluding carboxylic acids is 2. The van der Waals surface area contributed by atoms with E-state index in [-0.39, 0.29) is 24.5 Å². The average Bonchev–Trinajstić information content (AvgIpc) is 2.65. The van der Waals surface area contributed by atoms with Crippen LogP contribution in [0.2, 0.25) is 5.02 Å². The van der Waals surface area contributed by atoms with Crippen LogP contribution in [0.1, 0.15) is 24.0 Å². The Morgan fingerprint density at radius 2 is 1.89 bits per heavy atom. The summed E-state index contributed by atoms with van der Waals surface area (Å²) in [7, 11) is 1.44. The summed E-state index contributed by atoms with van der Waals surface area (Å²) in [6.45, 7) is 1.80. The molecular weight excluding hydrogens is 370 g/mol. The fourth-order valence-corrected chi connectivity index (χ4v) is 2.40. The molecule has 0 spiro atoms. The predicted molar refractivity (Wildman–Crippen MR) is 104 cm³/mol. The molecule has 0 saturated carbocycles. The summed E-state index contributed by atoms with van der Waals surface area (Å²) in [6, 6.07) is 10.1. The third-order valence-electron chi connectivity index (χ3n) is 3.76. The fourth-order valence-electron chi connectivity index (χ4n) is 2.22. The summed E-state index contributed by atoms with van der Waals surface area (Å²) in [5.41, 5.74) is 4.08. The Balaban J connectivity index is 1.82. The highest BCUT2D eigenvalue weighted by Crippen LogP contribution is 2.28. The molecule has 2 aromatic carbocycles. The van der Waals surface area contributed by atoms with Gasteiger partial charge in [-0.2, -0.15) is 5.10 Å². The first kappa shape index (κ1) is 20.3. The molecule has 0 unspecified atom stereocenters. The van der Waals surface area contributed by atoms with Crippen LogP contribution in [0, 0.1) is 6.92 Å². The first-order valence-electron chi connectivity index (χ1n) is 8.15. The SMILES string of the molecule is COc1cccc(C=NNC(=O)CCC(=O)Nc2cccc(Cl)c2C)c1O. The number of halogens is 1. The first-order chi connectivity index (χ1) is 12.9. The molecule has 0 aliphatic carbocycles. The minimum atomic E-state index is -0.424. The molecule has 0 aliphatic rings. The molecule has 2 amide bonds. The van der Waals surface area contributed by atoms with Crippen molar-refractivity contribution in [3.63, 3.8) is 0 Å². The zero-order valence-corrected chi connectivity index (χ0v) is 15.7. The smallest absolute Gasteiger partial charge is 0.240 e. The molecule has 0 radical (unpaired) electrons. The number of amides is 2. The van der Waals surface area contributed by atoms with Crippen LogP contribution in [0.25, 0.3) is 0 Å². The average molecular weight is 390 g/mol. The zero-order valence-electron chi connectivity index (χ0n) is 15.0. The summed E-state index contributed by atoms with van der Waals surface area (Å²) in [6.07, 6.45) is 1.26. The number of carbonyl (C=O) groups is 2. The normalized spacial score (nSPS) is 10.6. The molecule has 142 valence electrons. The van der Waals surface area contributed by atoms with Crippen LogP contribution in [0.15, 0.2) is 41.5 Å². The predicted octanol–water partition coefficient (Wildman–Crippen LogP) is 3.23. The van der Waals surface area contributed by atoms with E-state index >= 15 is 0 Å².